The Morgan fingerprint density at radius 1 is 1.16 bits per heavy atom. The van der Waals surface area contributed by atoms with Crippen LogP contribution in [0.5, 0.6) is 0 Å². The maximum atomic E-state index is 14.0. The number of esters is 2. The molecule has 138 valence electrons. The molecule has 1 aromatic rings. The number of carbonyl (C=O) groups is 2. The van der Waals surface area contributed by atoms with Gasteiger partial charge in [0.05, 0.1) is 18.1 Å². The van der Waals surface area contributed by atoms with E-state index in [1.807, 2.05) is 6.92 Å². The summed E-state index contributed by atoms with van der Waals surface area (Å²) < 4.78 is 24.2. The zero-order valence-electron chi connectivity index (χ0n) is 14.5. The lowest BCUT2D eigenvalue weighted by atomic mass is 9.82. The molecule has 0 aliphatic heterocycles. The zero-order chi connectivity index (χ0) is 19.0. The van der Waals surface area contributed by atoms with Gasteiger partial charge < -0.3 is 9.47 Å². The van der Waals surface area contributed by atoms with Gasteiger partial charge in [-0.25, -0.2) is 0 Å². The van der Waals surface area contributed by atoms with E-state index < -0.39 is 33.8 Å². The number of carbonyl (C=O) groups excluding carboxylic acids is 2. The van der Waals surface area contributed by atoms with Crippen LogP contribution in [-0.4, -0.2) is 30.1 Å². The standard InChI is InChI=1S/C17H22FNO6/c1-4-6-10-25-16(21)17(3,15(20)24-9-5-2)12-7-8-14(19(22)23)13(18)11-12/h7-8,11H,4-6,9-10H2,1-3H3. The van der Waals surface area contributed by atoms with Crippen LogP contribution in [0.3, 0.4) is 0 Å². The first-order valence-corrected chi connectivity index (χ1v) is 8.07. The molecule has 0 saturated heterocycles. The van der Waals surface area contributed by atoms with Crippen LogP contribution in [-0.2, 0) is 24.5 Å². The Balaban J connectivity index is 3.25. The number of hydrogen-bond donors (Lipinski definition) is 0. The molecule has 0 N–H and O–H groups in total. The van der Waals surface area contributed by atoms with Gasteiger partial charge in [0.15, 0.2) is 5.41 Å². The van der Waals surface area contributed by atoms with Crippen molar-refractivity contribution in [3.8, 4) is 0 Å². The maximum absolute atomic E-state index is 14.0. The van der Waals surface area contributed by atoms with Crippen molar-refractivity contribution in [3.63, 3.8) is 0 Å². The van der Waals surface area contributed by atoms with Gasteiger partial charge in [0.1, 0.15) is 0 Å². The van der Waals surface area contributed by atoms with Crippen molar-refractivity contribution in [2.75, 3.05) is 13.2 Å². The molecule has 0 aliphatic carbocycles. The van der Waals surface area contributed by atoms with Crippen LogP contribution >= 0.6 is 0 Å². The van der Waals surface area contributed by atoms with E-state index in [-0.39, 0.29) is 18.8 Å². The average molecular weight is 355 g/mol. The molecule has 7 nitrogen and oxygen atoms in total. The number of halogens is 1. The second-order valence-electron chi connectivity index (χ2n) is 5.67. The van der Waals surface area contributed by atoms with Crippen molar-refractivity contribution in [1.82, 2.24) is 0 Å². The molecular weight excluding hydrogens is 333 g/mol. The zero-order valence-corrected chi connectivity index (χ0v) is 14.5. The third kappa shape index (κ3) is 4.74. The smallest absolute Gasteiger partial charge is 0.327 e. The Hall–Kier alpha value is -2.51. The number of unbranched alkanes of at least 4 members (excludes halogenated alkanes) is 1. The summed E-state index contributed by atoms with van der Waals surface area (Å²) >= 11 is 0. The van der Waals surface area contributed by atoms with Crippen LogP contribution in [0.1, 0.15) is 45.6 Å². The van der Waals surface area contributed by atoms with Crippen molar-refractivity contribution in [2.45, 2.75) is 45.4 Å². The SMILES string of the molecule is CCCCOC(=O)C(C)(C(=O)OCCC)c1ccc([N+](=O)[O-])c(F)c1. The van der Waals surface area contributed by atoms with E-state index in [9.17, 15) is 24.1 Å². The number of rotatable bonds is 9. The fraction of sp³-hybridized carbons (Fsp3) is 0.529. The lowest BCUT2D eigenvalue weighted by Crippen LogP contribution is -2.44. The van der Waals surface area contributed by atoms with E-state index in [0.717, 1.165) is 24.6 Å². The Bertz CT molecular complexity index is 648. The molecule has 0 spiro atoms. The normalized spacial score (nSPS) is 13.0. The number of nitrogens with zero attached hydrogens (tertiary/aromatic N) is 1. The lowest BCUT2D eigenvalue weighted by Gasteiger charge is -2.25. The lowest BCUT2D eigenvalue weighted by molar-refractivity contribution is -0.387. The molecule has 0 amide bonds. The van der Waals surface area contributed by atoms with Gasteiger partial charge in [-0.1, -0.05) is 26.3 Å². The number of nitro groups is 1. The summed E-state index contributed by atoms with van der Waals surface area (Å²) in [5.41, 5.74) is -2.70. The molecule has 25 heavy (non-hydrogen) atoms. The van der Waals surface area contributed by atoms with Crippen molar-refractivity contribution in [1.29, 1.82) is 0 Å². The predicted molar refractivity (Wildman–Crippen MR) is 87.5 cm³/mol. The molecule has 8 heteroatoms. The van der Waals surface area contributed by atoms with Crippen LogP contribution in [0.15, 0.2) is 18.2 Å². The van der Waals surface area contributed by atoms with Crippen molar-refractivity contribution in [3.05, 3.63) is 39.7 Å². The van der Waals surface area contributed by atoms with Gasteiger partial charge in [-0.2, -0.15) is 4.39 Å². The van der Waals surface area contributed by atoms with Gasteiger partial charge in [-0.05, 0) is 31.4 Å². The fourth-order valence-corrected chi connectivity index (χ4v) is 2.08. The second-order valence-corrected chi connectivity index (χ2v) is 5.67. The van der Waals surface area contributed by atoms with Crippen LogP contribution in [0, 0.1) is 15.9 Å². The quantitative estimate of drug-likeness (QED) is 0.222. The summed E-state index contributed by atoms with van der Waals surface area (Å²) in [6.07, 6.45) is 1.94. The third-order valence-corrected chi connectivity index (χ3v) is 3.71. The van der Waals surface area contributed by atoms with Crippen molar-refractivity contribution >= 4 is 17.6 Å². The maximum Gasteiger partial charge on any atom is 0.327 e. The van der Waals surface area contributed by atoms with Gasteiger partial charge in [0.2, 0.25) is 5.82 Å². The van der Waals surface area contributed by atoms with Crippen LogP contribution < -0.4 is 0 Å². The minimum absolute atomic E-state index is 0.0572. The Labute approximate surface area is 145 Å². The highest BCUT2D eigenvalue weighted by Gasteiger charge is 2.47. The number of nitro benzene ring substituents is 1. The van der Waals surface area contributed by atoms with Gasteiger partial charge in [-0.15, -0.1) is 0 Å². The molecule has 1 aromatic carbocycles. The Morgan fingerprint density at radius 3 is 2.24 bits per heavy atom. The van der Waals surface area contributed by atoms with Crippen molar-refractivity contribution in [2.24, 2.45) is 0 Å². The Kier molecular flexibility index (Phi) is 7.47. The molecule has 0 aliphatic rings. The summed E-state index contributed by atoms with van der Waals surface area (Å²) in [5.74, 6) is -2.90. The predicted octanol–water partition coefficient (Wildman–Crippen LogP) is 3.29. The summed E-state index contributed by atoms with van der Waals surface area (Å²) in [4.78, 5) is 34.8. The van der Waals surface area contributed by atoms with E-state index in [1.54, 1.807) is 6.92 Å². The largest absolute Gasteiger partial charge is 0.465 e. The average Bonchev–Trinajstić information content (AvgIpc) is 2.58. The topological polar surface area (TPSA) is 95.7 Å². The molecule has 0 fully saturated rings. The summed E-state index contributed by atoms with van der Waals surface area (Å²) in [5, 5.41) is 10.7. The van der Waals surface area contributed by atoms with E-state index in [2.05, 4.69) is 0 Å². The van der Waals surface area contributed by atoms with Crippen LogP contribution in [0.4, 0.5) is 10.1 Å². The monoisotopic (exact) mass is 355 g/mol. The summed E-state index contributed by atoms with van der Waals surface area (Å²) in [7, 11) is 0. The minimum Gasteiger partial charge on any atom is -0.465 e. The van der Waals surface area contributed by atoms with Gasteiger partial charge in [0, 0.05) is 6.07 Å². The van der Waals surface area contributed by atoms with Gasteiger partial charge in [-0.3, -0.25) is 19.7 Å². The number of ether oxygens (including phenoxy) is 2. The molecular formula is C17H22FNO6. The van der Waals surface area contributed by atoms with Gasteiger partial charge in [0.25, 0.3) is 0 Å². The van der Waals surface area contributed by atoms with Crippen molar-refractivity contribution < 1.29 is 28.4 Å². The molecule has 0 aromatic heterocycles. The molecule has 0 heterocycles. The molecule has 1 rings (SSSR count). The first-order chi connectivity index (χ1) is 11.8. The van der Waals surface area contributed by atoms with Crippen LogP contribution in [0.2, 0.25) is 0 Å². The molecule has 1 atom stereocenters. The molecule has 0 bridgehead atoms. The highest BCUT2D eigenvalue weighted by atomic mass is 19.1. The summed E-state index contributed by atoms with van der Waals surface area (Å²) in [6.45, 7) is 5.16. The van der Waals surface area contributed by atoms with E-state index >= 15 is 0 Å². The Morgan fingerprint density at radius 2 is 1.76 bits per heavy atom. The highest BCUT2D eigenvalue weighted by Crippen LogP contribution is 2.31. The molecule has 1 unspecified atom stereocenters. The van der Waals surface area contributed by atoms with E-state index in [4.69, 9.17) is 9.47 Å². The van der Waals surface area contributed by atoms with E-state index in [0.29, 0.717) is 12.8 Å². The second kappa shape index (κ2) is 9.10. The van der Waals surface area contributed by atoms with Crippen LogP contribution in [0.25, 0.3) is 0 Å². The van der Waals surface area contributed by atoms with Gasteiger partial charge >= 0.3 is 17.6 Å². The fourth-order valence-electron chi connectivity index (χ4n) is 2.08. The summed E-state index contributed by atoms with van der Waals surface area (Å²) in [6, 6.07) is 2.87. The third-order valence-electron chi connectivity index (χ3n) is 3.71. The molecule has 0 radical (unpaired) electrons. The molecule has 0 saturated carbocycles. The highest BCUT2D eigenvalue weighted by molar-refractivity contribution is 6.05. The first kappa shape index (κ1) is 20.5. The number of benzene rings is 1. The number of hydrogen-bond acceptors (Lipinski definition) is 6. The first-order valence-electron chi connectivity index (χ1n) is 8.07. The van der Waals surface area contributed by atoms with E-state index in [1.165, 1.54) is 6.92 Å². The minimum atomic E-state index is -1.90.